The average Bonchev–Trinajstić information content (AvgIpc) is 2.49. The molecule has 0 radical (unpaired) electrons. The summed E-state index contributed by atoms with van der Waals surface area (Å²) in [5.41, 5.74) is 1.26. The van der Waals surface area contributed by atoms with Gasteiger partial charge in [0.15, 0.2) is 0 Å². The zero-order chi connectivity index (χ0) is 13.1. The first-order valence-corrected chi connectivity index (χ1v) is 7.19. The molecule has 0 bridgehead atoms. The number of amides is 1. The van der Waals surface area contributed by atoms with Gasteiger partial charge in [0.1, 0.15) is 0 Å². The molecule has 4 nitrogen and oxygen atoms in total. The van der Waals surface area contributed by atoms with Gasteiger partial charge in [0.2, 0.25) is 0 Å². The van der Waals surface area contributed by atoms with Gasteiger partial charge in [-0.3, -0.25) is 9.78 Å². The third-order valence-electron chi connectivity index (χ3n) is 4.70. The molecule has 0 aromatic carbocycles. The predicted octanol–water partition coefficient (Wildman–Crippen LogP) is 2.53. The predicted molar refractivity (Wildman–Crippen MR) is 88.4 cm³/mol. The van der Waals surface area contributed by atoms with E-state index in [1.54, 1.807) is 24.5 Å². The van der Waals surface area contributed by atoms with Crippen LogP contribution < -0.4 is 5.32 Å². The summed E-state index contributed by atoms with van der Waals surface area (Å²) < 4.78 is 0. The van der Waals surface area contributed by atoms with Crippen molar-refractivity contribution in [1.82, 2.24) is 15.2 Å². The molecule has 2 aliphatic heterocycles. The van der Waals surface area contributed by atoms with Gasteiger partial charge in [0.25, 0.3) is 5.91 Å². The maximum Gasteiger partial charge on any atom is 0.253 e. The number of piperidine rings is 2. The van der Waals surface area contributed by atoms with Gasteiger partial charge in [-0.2, -0.15) is 0 Å². The fourth-order valence-electron chi connectivity index (χ4n) is 3.32. The van der Waals surface area contributed by atoms with Gasteiger partial charge in [0, 0.05) is 31.0 Å². The first-order valence-electron chi connectivity index (χ1n) is 7.19. The molecular weight excluding hydrogens is 309 g/mol. The van der Waals surface area contributed by atoms with Crippen LogP contribution in [0.15, 0.2) is 24.5 Å². The summed E-state index contributed by atoms with van der Waals surface area (Å²) in [4.78, 5) is 18.3. The van der Waals surface area contributed by atoms with Crippen LogP contribution in [0.4, 0.5) is 0 Å². The number of hydrogen-bond donors (Lipinski definition) is 1. The van der Waals surface area contributed by atoms with Crippen LogP contribution in [0.5, 0.6) is 0 Å². The average molecular weight is 332 g/mol. The monoisotopic (exact) mass is 331 g/mol. The number of hydrogen-bond acceptors (Lipinski definition) is 3. The number of carbonyl (C=O) groups excluding carboxylic acids is 1. The van der Waals surface area contributed by atoms with Crippen molar-refractivity contribution in [2.24, 2.45) is 5.41 Å². The van der Waals surface area contributed by atoms with Gasteiger partial charge in [-0.05, 0) is 56.3 Å². The number of nitrogens with zero attached hydrogens (tertiary/aromatic N) is 2. The van der Waals surface area contributed by atoms with E-state index in [1.165, 1.54) is 12.8 Å². The Morgan fingerprint density at radius 3 is 2.19 bits per heavy atom. The molecule has 0 saturated carbocycles. The molecule has 1 aromatic rings. The molecule has 118 valence electrons. The Morgan fingerprint density at radius 1 is 1.05 bits per heavy atom. The van der Waals surface area contributed by atoms with Crippen molar-refractivity contribution in [3.63, 3.8) is 0 Å². The van der Waals surface area contributed by atoms with Crippen molar-refractivity contribution in [2.45, 2.75) is 25.7 Å². The highest BCUT2D eigenvalue weighted by Crippen LogP contribution is 2.39. The number of nitrogens with one attached hydrogen (secondary N) is 1. The second kappa shape index (κ2) is 7.97. The quantitative estimate of drug-likeness (QED) is 0.860. The van der Waals surface area contributed by atoms with E-state index < -0.39 is 0 Å². The molecule has 0 atom stereocenters. The summed E-state index contributed by atoms with van der Waals surface area (Å²) in [5.74, 6) is 0.159. The molecule has 21 heavy (non-hydrogen) atoms. The van der Waals surface area contributed by atoms with Crippen molar-refractivity contribution in [3.8, 4) is 0 Å². The Morgan fingerprint density at radius 2 is 1.62 bits per heavy atom. The SMILES string of the molecule is Cl.Cl.O=C(c1ccncc1)N1CCC2(CCNCC2)CC1. The lowest BCUT2D eigenvalue weighted by Crippen LogP contribution is -2.47. The van der Waals surface area contributed by atoms with Gasteiger partial charge < -0.3 is 10.2 Å². The van der Waals surface area contributed by atoms with Crippen molar-refractivity contribution >= 4 is 30.7 Å². The minimum Gasteiger partial charge on any atom is -0.339 e. The number of aromatic nitrogens is 1. The maximum absolute atomic E-state index is 12.4. The number of carbonyl (C=O) groups is 1. The zero-order valence-electron chi connectivity index (χ0n) is 12.1. The fraction of sp³-hybridized carbons (Fsp3) is 0.600. The molecule has 2 aliphatic rings. The highest BCUT2D eigenvalue weighted by molar-refractivity contribution is 5.94. The second-order valence-electron chi connectivity index (χ2n) is 5.78. The van der Waals surface area contributed by atoms with E-state index in [-0.39, 0.29) is 30.7 Å². The smallest absolute Gasteiger partial charge is 0.253 e. The Kier molecular flexibility index (Phi) is 6.91. The molecule has 3 rings (SSSR count). The third-order valence-corrected chi connectivity index (χ3v) is 4.70. The lowest BCUT2D eigenvalue weighted by molar-refractivity contribution is 0.0495. The van der Waals surface area contributed by atoms with Crippen LogP contribution in [0.1, 0.15) is 36.0 Å². The molecule has 0 aliphatic carbocycles. The largest absolute Gasteiger partial charge is 0.339 e. The Bertz CT molecular complexity index is 439. The number of pyridine rings is 1. The summed E-state index contributed by atoms with van der Waals surface area (Å²) >= 11 is 0. The number of likely N-dealkylation sites (tertiary alicyclic amines) is 1. The van der Waals surface area contributed by atoms with Crippen LogP contribution in [0.25, 0.3) is 0 Å². The van der Waals surface area contributed by atoms with Crippen molar-refractivity contribution in [2.75, 3.05) is 26.2 Å². The van der Waals surface area contributed by atoms with Crippen molar-refractivity contribution in [3.05, 3.63) is 30.1 Å². The minimum atomic E-state index is 0. The topological polar surface area (TPSA) is 45.2 Å². The highest BCUT2D eigenvalue weighted by atomic mass is 35.5. The zero-order valence-corrected chi connectivity index (χ0v) is 13.7. The molecule has 0 unspecified atom stereocenters. The van der Waals surface area contributed by atoms with E-state index in [0.29, 0.717) is 5.41 Å². The molecule has 1 amide bonds. The van der Waals surface area contributed by atoms with E-state index in [1.807, 2.05) is 4.90 Å². The normalized spacial score (nSPS) is 20.3. The van der Waals surface area contributed by atoms with Crippen LogP contribution in [-0.4, -0.2) is 42.0 Å². The van der Waals surface area contributed by atoms with Crippen LogP contribution >= 0.6 is 24.8 Å². The molecule has 2 fully saturated rings. The van der Waals surface area contributed by atoms with Gasteiger partial charge in [-0.15, -0.1) is 24.8 Å². The summed E-state index contributed by atoms with van der Waals surface area (Å²) in [6.45, 7) is 4.08. The van der Waals surface area contributed by atoms with E-state index >= 15 is 0 Å². The van der Waals surface area contributed by atoms with Gasteiger partial charge >= 0.3 is 0 Å². The first-order chi connectivity index (χ1) is 9.29. The van der Waals surface area contributed by atoms with E-state index in [9.17, 15) is 4.79 Å². The van der Waals surface area contributed by atoms with E-state index in [2.05, 4.69) is 10.3 Å². The van der Waals surface area contributed by atoms with E-state index in [0.717, 1.165) is 44.6 Å². The number of halogens is 2. The summed E-state index contributed by atoms with van der Waals surface area (Å²) in [6, 6.07) is 3.61. The summed E-state index contributed by atoms with van der Waals surface area (Å²) in [7, 11) is 0. The van der Waals surface area contributed by atoms with Crippen molar-refractivity contribution < 1.29 is 4.79 Å². The first kappa shape index (κ1) is 18.2. The molecule has 3 heterocycles. The molecule has 1 N–H and O–H groups in total. The Labute approximate surface area is 138 Å². The van der Waals surface area contributed by atoms with Gasteiger partial charge in [-0.1, -0.05) is 0 Å². The van der Waals surface area contributed by atoms with Crippen LogP contribution in [0, 0.1) is 5.41 Å². The van der Waals surface area contributed by atoms with Crippen LogP contribution in [-0.2, 0) is 0 Å². The van der Waals surface area contributed by atoms with Gasteiger partial charge in [0.05, 0.1) is 0 Å². The summed E-state index contributed by atoms with van der Waals surface area (Å²) in [6.07, 6.45) is 8.22. The van der Waals surface area contributed by atoms with Crippen molar-refractivity contribution in [1.29, 1.82) is 0 Å². The molecule has 2 saturated heterocycles. The third kappa shape index (κ3) is 4.09. The molecule has 1 spiro atoms. The standard InChI is InChI=1S/C15H21N3O.2ClH/c19-14(13-1-7-16-8-2-13)18-11-5-15(6-12-18)3-9-17-10-4-15;;/h1-2,7-8,17H,3-6,9-12H2;2*1H. The van der Waals surface area contributed by atoms with Crippen LogP contribution in [0.2, 0.25) is 0 Å². The van der Waals surface area contributed by atoms with Gasteiger partial charge in [-0.25, -0.2) is 0 Å². The lowest BCUT2D eigenvalue weighted by Gasteiger charge is -2.44. The number of rotatable bonds is 1. The van der Waals surface area contributed by atoms with E-state index in [4.69, 9.17) is 0 Å². The van der Waals surface area contributed by atoms with Crippen LogP contribution in [0.3, 0.4) is 0 Å². The highest BCUT2D eigenvalue weighted by Gasteiger charge is 2.36. The molecule has 1 aromatic heterocycles. The molecule has 6 heteroatoms. The second-order valence-corrected chi connectivity index (χ2v) is 5.78. The minimum absolute atomic E-state index is 0. The molecular formula is C15H23Cl2N3O. The lowest BCUT2D eigenvalue weighted by atomic mass is 9.71. The maximum atomic E-state index is 12.4. The Balaban J connectivity index is 0.00000110. The summed E-state index contributed by atoms with van der Waals surface area (Å²) in [5, 5.41) is 3.43. The fourth-order valence-corrected chi connectivity index (χ4v) is 3.32. The Hall–Kier alpha value is -0.840.